The van der Waals surface area contributed by atoms with E-state index in [0.717, 1.165) is 24.7 Å². The molecule has 1 aliphatic heterocycles. The molecule has 0 unspecified atom stereocenters. The van der Waals surface area contributed by atoms with E-state index in [4.69, 9.17) is 11.6 Å². The summed E-state index contributed by atoms with van der Waals surface area (Å²) in [7, 11) is 0. The van der Waals surface area contributed by atoms with Crippen LogP contribution >= 0.6 is 11.6 Å². The summed E-state index contributed by atoms with van der Waals surface area (Å²) in [5.41, 5.74) is 5.14. The lowest BCUT2D eigenvalue weighted by atomic mass is 10.1. The Labute approximate surface area is 100 Å². The van der Waals surface area contributed by atoms with Crippen LogP contribution in [0.3, 0.4) is 0 Å². The Hall–Kier alpha value is -0.990. The maximum absolute atomic E-state index is 6.49. The third-order valence-electron chi connectivity index (χ3n) is 3.46. The number of nitrogens with one attached hydrogen (secondary N) is 1. The second-order valence-electron chi connectivity index (χ2n) is 4.51. The van der Waals surface area contributed by atoms with Gasteiger partial charge in [-0.1, -0.05) is 23.7 Å². The van der Waals surface area contributed by atoms with Gasteiger partial charge in [-0.25, -0.2) is 0 Å². The van der Waals surface area contributed by atoms with Crippen molar-refractivity contribution >= 4 is 22.5 Å². The molecular formula is C13H15ClN2. The zero-order chi connectivity index (χ0) is 11.3. The van der Waals surface area contributed by atoms with Crippen molar-refractivity contribution < 1.29 is 0 Å². The third kappa shape index (κ3) is 1.23. The highest BCUT2D eigenvalue weighted by atomic mass is 35.5. The van der Waals surface area contributed by atoms with E-state index in [1.807, 2.05) is 0 Å². The van der Waals surface area contributed by atoms with Gasteiger partial charge in [0.25, 0.3) is 0 Å². The van der Waals surface area contributed by atoms with E-state index < -0.39 is 0 Å². The quantitative estimate of drug-likeness (QED) is 0.742. The number of halogens is 1. The molecule has 1 aromatic heterocycles. The Morgan fingerprint density at radius 3 is 2.81 bits per heavy atom. The normalized spacial score (nSPS) is 15.4. The van der Waals surface area contributed by atoms with E-state index in [9.17, 15) is 0 Å². The van der Waals surface area contributed by atoms with Gasteiger partial charge >= 0.3 is 0 Å². The number of hydrogen-bond acceptors (Lipinski definition) is 1. The van der Waals surface area contributed by atoms with Crippen LogP contribution in [0.4, 0.5) is 0 Å². The van der Waals surface area contributed by atoms with Crippen molar-refractivity contribution in [2.45, 2.75) is 26.9 Å². The molecule has 0 aliphatic carbocycles. The Morgan fingerprint density at radius 1 is 1.25 bits per heavy atom. The molecule has 0 radical (unpaired) electrons. The minimum atomic E-state index is 0.881. The van der Waals surface area contributed by atoms with Crippen LogP contribution in [0.5, 0.6) is 0 Å². The van der Waals surface area contributed by atoms with Crippen molar-refractivity contribution in [2.75, 3.05) is 6.54 Å². The molecule has 0 spiro atoms. The standard InChI is InChI=1S/C13H15ClN2/c1-8-3-4-9(2)13-11(8)12(14)10-7-15-5-6-16(10)13/h3-4,15H,5-7H2,1-2H3. The van der Waals surface area contributed by atoms with Crippen molar-refractivity contribution in [3.8, 4) is 0 Å². The first-order valence-corrected chi connectivity index (χ1v) is 6.05. The predicted molar refractivity (Wildman–Crippen MR) is 68.1 cm³/mol. The van der Waals surface area contributed by atoms with E-state index in [1.54, 1.807) is 0 Å². The molecule has 2 heterocycles. The van der Waals surface area contributed by atoms with E-state index in [1.165, 1.54) is 27.7 Å². The Morgan fingerprint density at radius 2 is 2.00 bits per heavy atom. The van der Waals surface area contributed by atoms with Crippen molar-refractivity contribution in [2.24, 2.45) is 0 Å². The number of benzene rings is 1. The topological polar surface area (TPSA) is 17.0 Å². The molecule has 1 aromatic carbocycles. The lowest BCUT2D eigenvalue weighted by molar-refractivity contribution is 0.526. The SMILES string of the molecule is Cc1ccc(C)c2c1c(Cl)c1n2CCNC1. The molecule has 0 atom stereocenters. The van der Waals surface area contributed by atoms with Gasteiger partial charge in [-0.15, -0.1) is 0 Å². The van der Waals surface area contributed by atoms with Crippen molar-refractivity contribution in [1.82, 2.24) is 9.88 Å². The maximum Gasteiger partial charge on any atom is 0.0710 e. The van der Waals surface area contributed by atoms with Crippen LogP contribution < -0.4 is 5.32 Å². The fourth-order valence-corrected chi connectivity index (χ4v) is 3.04. The zero-order valence-electron chi connectivity index (χ0n) is 9.60. The van der Waals surface area contributed by atoms with Gasteiger partial charge in [0, 0.05) is 25.0 Å². The fraction of sp³-hybridized carbons (Fsp3) is 0.385. The van der Waals surface area contributed by atoms with Gasteiger partial charge < -0.3 is 9.88 Å². The summed E-state index contributed by atoms with van der Waals surface area (Å²) in [6.07, 6.45) is 0. The lowest BCUT2D eigenvalue weighted by Gasteiger charge is -2.18. The molecule has 2 nitrogen and oxygen atoms in total. The first-order valence-electron chi connectivity index (χ1n) is 5.67. The summed E-state index contributed by atoms with van der Waals surface area (Å²) in [4.78, 5) is 0. The minimum Gasteiger partial charge on any atom is -0.341 e. The summed E-state index contributed by atoms with van der Waals surface area (Å²) in [5, 5.41) is 5.55. The van der Waals surface area contributed by atoms with Crippen molar-refractivity contribution in [3.05, 3.63) is 34.0 Å². The molecule has 0 saturated heterocycles. The van der Waals surface area contributed by atoms with E-state index in [0.29, 0.717) is 0 Å². The number of hydrogen-bond donors (Lipinski definition) is 1. The van der Waals surface area contributed by atoms with Crippen LogP contribution in [0.25, 0.3) is 10.9 Å². The summed E-state index contributed by atoms with van der Waals surface area (Å²) in [6.45, 7) is 7.22. The van der Waals surface area contributed by atoms with Crippen LogP contribution in [0, 0.1) is 13.8 Å². The zero-order valence-corrected chi connectivity index (χ0v) is 10.4. The fourth-order valence-electron chi connectivity index (χ4n) is 2.64. The number of nitrogens with zero attached hydrogens (tertiary/aromatic N) is 1. The lowest BCUT2D eigenvalue weighted by Crippen LogP contribution is -2.27. The van der Waals surface area contributed by atoms with Gasteiger partial charge in [-0.2, -0.15) is 0 Å². The number of aromatic nitrogens is 1. The molecule has 3 rings (SSSR count). The first kappa shape index (κ1) is 10.2. The summed E-state index contributed by atoms with van der Waals surface area (Å²) < 4.78 is 2.37. The monoisotopic (exact) mass is 234 g/mol. The van der Waals surface area contributed by atoms with Crippen LogP contribution in [0.15, 0.2) is 12.1 Å². The van der Waals surface area contributed by atoms with Crippen LogP contribution in [-0.2, 0) is 13.1 Å². The highest BCUT2D eigenvalue weighted by Crippen LogP contribution is 2.35. The molecule has 0 saturated carbocycles. The number of fused-ring (bicyclic) bond motifs is 3. The molecule has 0 amide bonds. The molecule has 84 valence electrons. The number of rotatable bonds is 0. The van der Waals surface area contributed by atoms with E-state index in [-0.39, 0.29) is 0 Å². The average Bonchev–Trinajstić information content (AvgIpc) is 2.60. The Balaban J connectivity index is 2.48. The van der Waals surface area contributed by atoms with Crippen LogP contribution in [-0.4, -0.2) is 11.1 Å². The van der Waals surface area contributed by atoms with E-state index in [2.05, 4.69) is 35.9 Å². The van der Waals surface area contributed by atoms with Gasteiger partial charge in [0.1, 0.15) is 0 Å². The van der Waals surface area contributed by atoms with Crippen molar-refractivity contribution in [1.29, 1.82) is 0 Å². The van der Waals surface area contributed by atoms with E-state index >= 15 is 0 Å². The Bertz CT molecular complexity index is 569. The highest BCUT2D eigenvalue weighted by Gasteiger charge is 2.20. The van der Waals surface area contributed by atoms with Crippen molar-refractivity contribution in [3.63, 3.8) is 0 Å². The highest BCUT2D eigenvalue weighted by molar-refractivity contribution is 6.37. The van der Waals surface area contributed by atoms with Gasteiger partial charge in [0.2, 0.25) is 0 Å². The number of aryl methyl sites for hydroxylation is 2. The largest absolute Gasteiger partial charge is 0.341 e. The molecule has 0 fully saturated rings. The molecule has 1 aliphatic rings. The maximum atomic E-state index is 6.49. The summed E-state index contributed by atoms with van der Waals surface area (Å²) >= 11 is 6.49. The second kappa shape index (κ2) is 3.51. The molecule has 2 aromatic rings. The van der Waals surface area contributed by atoms with Crippen LogP contribution in [0.1, 0.15) is 16.8 Å². The average molecular weight is 235 g/mol. The third-order valence-corrected chi connectivity index (χ3v) is 3.87. The van der Waals surface area contributed by atoms with Gasteiger partial charge in [-0.3, -0.25) is 0 Å². The molecule has 1 N–H and O–H groups in total. The van der Waals surface area contributed by atoms with Gasteiger partial charge in [0.05, 0.1) is 16.2 Å². The molecule has 16 heavy (non-hydrogen) atoms. The van der Waals surface area contributed by atoms with Gasteiger partial charge in [0.15, 0.2) is 0 Å². The second-order valence-corrected chi connectivity index (χ2v) is 4.89. The summed E-state index contributed by atoms with van der Waals surface area (Å²) in [6, 6.07) is 4.34. The molecule has 3 heteroatoms. The molecular weight excluding hydrogens is 220 g/mol. The predicted octanol–water partition coefficient (Wildman–Crippen LogP) is 3.01. The van der Waals surface area contributed by atoms with Crippen LogP contribution in [0.2, 0.25) is 5.02 Å². The van der Waals surface area contributed by atoms with Gasteiger partial charge in [-0.05, 0) is 25.0 Å². The Kier molecular flexibility index (Phi) is 2.23. The first-order chi connectivity index (χ1) is 7.70. The molecule has 0 bridgehead atoms. The smallest absolute Gasteiger partial charge is 0.0710 e. The minimum absolute atomic E-state index is 0.881. The summed E-state index contributed by atoms with van der Waals surface area (Å²) in [5.74, 6) is 0.